The quantitative estimate of drug-likeness (QED) is 0.649. The number of amides is 2. The van der Waals surface area contributed by atoms with Gasteiger partial charge < -0.3 is 16.4 Å². The van der Waals surface area contributed by atoms with Crippen molar-refractivity contribution in [1.29, 1.82) is 0 Å². The van der Waals surface area contributed by atoms with Crippen LogP contribution < -0.4 is 16.4 Å². The number of nitrogens with one attached hydrogen (secondary N) is 2. The molecule has 1 heterocycles. The maximum Gasteiger partial charge on any atom is 0.233 e. The largest absolute Gasteiger partial charge is 0.358 e. The van der Waals surface area contributed by atoms with E-state index in [1.54, 1.807) is 7.05 Å². The number of piperidine rings is 1. The van der Waals surface area contributed by atoms with Crippen molar-refractivity contribution < 1.29 is 9.59 Å². The molecule has 2 unspecified atom stereocenters. The first-order chi connectivity index (χ1) is 10.1. The zero-order chi connectivity index (χ0) is 15.2. The van der Waals surface area contributed by atoms with Gasteiger partial charge in [0, 0.05) is 32.1 Å². The molecule has 0 radical (unpaired) electrons. The summed E-state index contributed by atoms with van der Waals surface area (Å²) in [5.41, 5.74) is 5.75. The van der Waals surface area contributed by atoms with E-state index in [4.69, 9.17) is 5.73 Å². The Hall–Kier alpha value is -1.14. The average Bonchev–Trinajstić information content (AvgIpc) is 2.97. The van der Waals surface area contributed by atoms with Gasteiger partial charge in [-0.25, -0.2) is 0 Å². The summed E-state index contributed by atoms with van der Waals surface area (Å²) < 4.78 is 0. The number of carbonyl (C=O) groups is 2. The Kier molecular flexibility index (Phi) is 5.99. The van der Waals surface area contributed by atoms with Crippen molar-refractivity contribution in [3.8, 4) is 0 Å². The van der Waals surface area contributed by atoms with Crippen molar-refractivity contribution in [2.75, 3.05) is 33.2 Å². The number of hydrogen-bond acceptors (Lipinski definition) is 4. The van der Waals surface area contributed by atoms with E-state index in [-0.39, 0.29) is 23.8 Å². The molecule has 6 heteroatoms. The zero-order valence-corrected chi connectivity index (χ0v) is 12.9. The topological polar surface area (TPSA) is 87.5 Å². The van der Waals surface area contributed by atoms with E-state index >= 15 is 0 Å². The van der Waals surface area contributed by atoms with E-state index in [1.807, 2.05) is 0 Å². The highest BCUT2D eigenvalue weighted by molar-refractivity contribution is 5.79. The van der Waals surface area contributed by atoms with Gasteiger partial charge in [0.1, 0.15) is 0 Å². The lowest BCUT2D eigenvalue weighted by molar-refractivity contribution is -0.127. The molecular weight excluding hydrogens is 268 g/mol. The molecule has 1 aliphatic heterocycles. The molecule has 0 bridgehead atoms. The van der Waals surface area contributed by atoms with E-state index in [0.717, 1.165) is 45.2 Å². The second-order valence-electron chi connectivity index (χ2n) is 6.27. The highest BCUT2D eigenvalue weighted by Crippen LogP contribution is 2.31. The van der Waals surface area contributed by atoms with Crippen LogP contribution in [0, 0.1) is 11.8 Å². The van der Waals surface area contributed by atoms with Crippen LogP contribution in [-0.2, 0) is 9.59 Å². The standard InChI is InChI=1S/C15H28N4O2/c1-17-14(20)10-19-7-5-12(6-8-19)18-15(21)13-4-2-3-11(13)9-16/h11-13H,2-10,16H2,1H3,(H,17,20)(H,18,21). The van der Waals surface area contributed by atoms with Gasteiger partial charge in [0.25, 0.3) is 0 Å². The molecule has 1 saturated heterocycles. The number of nitrogens with zero attached hydrogens (tertiary/aromatic N) is 1. The molecule has 0 spiro atoms. The molecule has 0 aromatic carbocycles. The van der Waals surface area contributed by atoms with Gasteiger partial charge >= 0.3 is 0 Å². The van der Waals surface area contributed by atoms with E-state index in [1.165, 1.54) is 0 Å². The van der Waals surface area contributed by atoms with Crippen molar-refractivity contribution in [2.24, 2.45) is 17.6 Å². The predicted molar refractivity (Wildman–Crippen MR) is 81.6 cm³/mol. The second kappa shape index (κ2) is 7.75. The number of rotatable bonds is 5. The summed E-state index contributed by atoms with van der Waals surface area (Å²) in [5, 5.41) is 5.83. The Balaban J connectivity index is 1.73. The van der Waals surface area contributed by atoms with Gasteiger partial charge in [-0.15, -0.1) is 0 Å². The van der Waals surface area contributed by atoms with Crippen molar-refractivity contribution >= 4 is 11.8 Å². The Morgan fingerprint density at radius 3 is 2.52 bits per heavy atom. The minimum Gasteiger partial charge on any atom is -0.358 e. The third-order valence-corrected chi connectivity index (χ3v) is 4.88. The summed E-state index contributed by atoms with van der Waals surface area (Å²) in [6.07, 6.45) is 5.01. The SMILES string of the molecule is CNC(=O)CN1CCC(NC(=O)C2CCCC2CN)CC1. The Bertz CT molecular complexity index is 367. The minimum absolute atomic E-state index is 0.0502. The normalized spacial score (nSPS) is 27.5. The first-order valence-electron chi connectivity index (χ1n) is 8.07. The van der Waals surface area contributed by atoms with Crippen molar-refractivity contribution in [1.82, 2.24) is 15.5 Å². The highest BCUT2D eigenvalue weighted by atomic mass is 16.2. The molecular formula is C15H28N4O2. The number of nitrogens with two attached hydrogens (primary N) is 1. The minimum atomic E-state index is 0.0502. The van der Waals surface area contributed by atoms with Gasteiger partial charge in [0.05, 0.1) is 6.54 Å². The molecule has 0 aromatic rings. The van der Waals surface area contributed by atoms with Crippen molar-refractivity contribution in [3.05, 3.63) is 0 Å². The van der Waals surface area contributed by atoms with Crippen molar-refractivity contribution in [2.45, 2.75) is 38.1 Å². The van der Waals surface area contributed by atoms with Gasteiger partial charge in [-0.2, -0.15) is 0 Å². The molecule has 0 aromatic heterocycles. The van der Waals surface area contributed by atoms with Crippen LogP contribution >= 0.6 is 0 Å². The van der Waals surface area contributed by atoms with Crippen LogP contribution in [0.25, 0.3) is 0 Å². The summed E-state index contributed by atoms with van der Waals surface area (Å²) in [6.45, 7) is 2.80. The third kappa shape index (κ3) is 4.41. The lowest BCUT2D eigenvalue weighted by Crippen LogP contribution is -2.48. The Morgan fingerprint density at radius 1 is 1.19 bits per heavy atom. The molecule has 21 heavy (non-hydrogen) atoms. The first-order valence-corrected chi connectivity index (χ1v) is 8.07. The smallest absolute Gasteiger partial charge is 0.233 e. The van der Waals surface area contributed by atoms with Gasteiger partial charge in [-0.1, -0.05) is 6.42 Å². The maximum atomic E-state index is 12.3. The van der Waals surface area contributed by atoms with Gasteiger partial charge in [0.2, 0.25) is 11.8 Å². The molecule has 2 aliphatic rings. The molecule has 2 fully saturated rings. The van der Waals surface area contributed by atoms with Gasteiger partial charge in [-0.05, 0) is 38.1 Å². The van der Waals surface area contributed by atoms with Crippen LogP contribution in [0.4, 0.5) is 0 Å². The number of carbonyl (C=O) groups excluding carboxylic acids is 2. The first kappa shape index (κ1) is 16.2. The fraction of sp³-hybridized carbons (Fsp3) is 0.867. The number of likely N-dealkylation sites (tertiary alicyclic amines) is 1. The second-order valence-corrected chi connectivity index (χ2v) is 6.27. The fourth-order valence-electron chi connectivity index (χ4n) is 3.49. The van der Waals surface area contributed by atoms with E-state index < -0.39 is 0 Å². The molecule has 4 N–H and O–H groups in total. The molecule has 1 saturated carbocycles. The summed E-state index contributed by atoms with van der Waals surface area (Å²) in [5.74, 6) is 0.708. The third-order valence-electron chi connectivity index (χ3n) is 4.88. The van der Waals surface area contributed by atoms with E-state index in [9.17, 15) is 9.59 Å². The van der Waals surface area contributed by atoms with Crippen LogP contribution in [0.3, 0.4) is 0 Å². The van der Waals surface area contributed by atoms with Crippen LogP contribution in [0.1, 0.15) is 32.1 Å². The molecule has 1 aliphatic carbocycles. The summed E-state index contributed by atoms with van der Waals surface area (Å²) in [7, 11) is 1.66. The fourth-order valence-corrected chi connectivity index (χ4v) is 3.49. The van der Waals surface area contributed by atoms with Crippen molar-refractivity contribution in [3.63, 3.8) is 0 Å². The van der Waals surface area contributed by atoms with Crippen LogP contribution in [0.5, 0.6) is 0 Å². The van der Waals surface area contributed by atoms with Gasteiger partial charge in [-0.3, -0.25) is 14.5 Å². The Morgan fingerprint density at radius 2 is 1.90 bits per heavy atom. The molecule has 120 valence electrons. The van der Waals surface area contributed by atoms with Gasteiger partial charge in [0.15, 0.2) is 0 Å². The predicted octanol–water partition coefficient (Wildman–Crippen LogP) is -0.312. The van der Waals surface area contributed by atoms with Crippen LogP contribution in [0.15, 0.2) is 0 Å². The lowest BCUT2D eigenvalue weighted by Gasteiger charge is -2.32. The molecule has 6 nitrogen and oxygen atoms in total. The monoisotopic (exact) mass is 296 g/mol. The molecule has 2 rings (SSSR count). The molecule has 2 amide bonds. The maximum absolute atomic E-state index is 12.3. The molecule has 2 atom stereocenters. The summed E-state index contributed by atoms with van der Waals surface area (Å²) in [6, 6.07) is 0.248. The average molecular weight is 296 g/mol. The van der Waals surface area contributed by atoms with E-state index in [2.05, 4.69) is 15.5 Å². The number of likely N-dealkylation sites (N-methyl/N-ethyl adjacent to an activating group) is 1. The van der Waals surface area contributed by atoms with Crippen LogP contribution in [0.2, 0.25) is 0 Å². The summed E-state index contributed by atoms with van der Waals surface area (Å²) in [4.78, 5) is 25.8. The summed E-state index contributed by atoms with van der Waals surface area (Å²) >= 11 is 0. The van der Waals surface area contributed by atoms with E-state index in [0.29, 0.717) is 19.0 Å². The van der Waals surface area contributed by atoms with Crippen LogP contribution in [-0.4, -0.2) is 56.0 Å². The number of hydrogen-bond donors (Lipinski definition) is 3. The zero-order valence-electron chi connectivity index (χ0n) is 12.9. The lowest BCUT2D eigenvalue weighted by atomic mass is 9.94. The highest BCUT2D eigenvalue weighted by Gasteiger charge is 2.33. The Labute approximate surface area is 126 Å².